The number of rotatable bonds is 3. The molecule has 3 aromatic carbocycles. The van der Waals surface area contributed by atoms with E-state index in [-0.39, 0.29) is 5.75 Å². The normalized spacial score (nSPS) is 10.8. The molecule has 0 atom stereocenters. The van der Waals surface area contributed by atoms with Gasteiger partial charge in [-0.3, -0.25) is 0 Å². The van der Waals surface area contributed by atoms with Crippen LogP contribution >= 0.6 is 27.5 Å². The Balaban J connectivity index is 1.88. The number of phenolic OH excluding ortho intramolecular Hbond substituents is 1. The molecule has 0 aliphatic heterocycles. The molecule has 0 aromatic heterocycles. The molecule has 4 heteroatoms. The molecular weight excluding hydrogens is 350 g/mol. The fourth-order valence-electron chi connectivity index (χ4n) is 2.27. The highest BCUT2D eigenvalue weighted by Gasteiger charge is 2.05. The summed E-state index contributed by atoms with van der Waals surface area (Å²) in [6.45, 7) is 0.644. The minimum Gasteiger partial charge on any atom is -0.506 e. The highest BCUT2D eigenvalue weighted by atomic mass is 79.9. The summed E-state index contributed by atoms with van der Waals surface area (Å²) in [6, 6.07) is 17.5. The lowest BCUT2D eigenvalue weighted by molar-refractivity contribution is 0.475. The zero-order valence-electron chi connectivity index (χ0n) is 11.1. The summed E-state index contributed by atoms with van der Waals surface area (Å²) >= 11 is 9.50. The summed E-state index contributed by atoms with van der Waals surface area (Å²) in [6.07, 6.45) is 0. The van der Waals surface area contributed by atoms with Gasteiger partial charge in [-0.05, 0) is 35.2 Å². The monoisotopic (exact) mass is 361 g/mol. The molecule has 106 valence electrons. The zero-order valence-corrected chi connectivity index (χ0v) is 13.4. The van der Waals surface area contributed by atoms with Crippen molar-refractivity contribution in [3.8, 4) is 5.75 Å². The van der Waals surface area contributed by atoms with Gasteiger partial charge in [0.2, 0.25) is 0 Å². The molecule has 21 heavy (non-hydrogen) atoms. The maximum atomic E-state index is 9.44. The molecule has 0 heterocycles. The molecule has 0 saturated heterocycles. The van der Waals surface area contributed by atoms with Crippen LogP contribution in [0.25, 0.3) is 10.8 Å². The van der Waals surface area contributed by atoms with E-state index in [4.69, 9.17) is 11.6 Å². The Morgan fingerprint density at radius 2 is 1.76 bits per heavy atom. The van der Waals surface area contributed by atoms with Crippen LogP contribution in [0, 0.1) is 0 Å². The van der Waals surface area contributed by atoms with Crippen molar-refractivity contribution >= 4 is 44.0 Å². The molecule has 0 saturated carbocycles. The van der Waals surface area contributed by atoms with Crippen LogP contribution in [-0.2, 0) is 6.54 Å². The van der Waals surface area contributed by atoms with Crippen LogP contribution in [0.2, 0.25) is 5.02 Å². The average Bonchev–Trinajstić information content (AvgIpc) is 2.50. The number of benzene rings is 3. The Bertz CT molecular complexity index is 804. The molecule has 0 aliphatic rings. The fourth-order valence-corrected chi connectivity index (χ4v) is 2.96. The maximum Gasteiger partial charge on any atom is 0.134 e. The van der Waals surface area contributed by atoms with Crippen LogP contribution in [0.4, 0.5) is 5.69 Å². The third-order valence-electron chi connectivity index (χ3n) is 3.37. The van der Waals surface area contributed by atoms with E-state index < -0.39 is 0 Å². The number of phenols is 1. The van der Waals surface area contributed by atoms with Crippen molar-refractivity contribution in [1.82, 2.24) is 0 Å². The van der Waals surface area contributed by atoms with E-state index in [0.29, 0.717) is 11.6 Å². The van der Waals surface area contributed by atoms with Crippen molar-refractivity contribution in [1.29, 1.82) is 0 Å². The van der Waals surface area contributed by atoms with Gasteiger partial charge in [-0.25, -0.2) is 0 Å². The average molecular weight is 363 g/mol. The van der Waals surface area contributed by atoms with Crippen molar-refractivity contribution in [3.63, 3.8) is 0 Å². The molecule has 2 N–H and O–H groups in total. The lowest BCUT2D eigenvalue weighted by Crippen LogP contribution is -2.00. The predicted octanol–water partition coefficient (Wildman–Crippen LogP) is 5.57. The standard InChI is InChI=1S/C17H13BrClNO/c18-14-6-7-16(13-4-2-1-3-12(13)14)20-10-11-5-8-17(21)15(19)9-11/h1-9,20-21H,10H2. The zero-order chi connectivity index (χ0) is 14.8. The van der Waals surface area contributed by atoms with E-state index >= 15 is 0 Å². The number of hydrogen-bond donors (Lipinski definition) is 2. The second-order valence-electron chi connectivity index (χ2n) is 4.78. The first-order valence-corrected chi connectivity index (χ1v) is 7.71. The van der Waals surface area contributed by atoms with Gasteiger partial charge in [0.15, 0.2) is 0 Å². The van der Waals surface area contributed by atoms with E-state index in [1.807, 2.05) is 24.3 Å². The summed E-state index contributed by atoms with van der Waals surface area (Å²) in [4.78, 5) is 0. The second-order valence-corrected chi connectivity index (χ2v) is 6.04. The lowest BCUT2D eigenvalue weighted by atomic mass is 10.1. The van der Waals surface area contributed by atoms with Crippen LogP contribution in [0.3, 0.4) is 0 Å². The number of anilines is 1. The highest BCUT2D eigenvalue weighted by molar-refractivity contribution is 9.10. The molecule has 0 unspecified atom stereocenters. The van der Waals surface area contributed by atoms with Crippen molar-refractivity contribution in [2.75, 3.05) is 5.32 Å². The summed E-state index contributed by atoms with van der Waals surface area (Å²) in [5.74, 6) is 0.106. The Hall–Kier alpha value is -1.71. The molecule has 2 nitrogen and oxygen atoms in total. The van der Waals surface area contributed by atoms with Crippen LogP contribution in [0.15, 0.2) is 59.1 Å². The topological polar surface area (TPSA) is 32.3 Å². The van der Waals surface area contributed by atoms with Gasteiger partial charge in [-0.1, -0.05) is 57.9 Å². The van der Waals surface area contributed by atoms with E-state index in [0.717, 1.165) is 21.1 Å². The molecule has 3 aromatic rings. The van der Waals surface area contributed by atoms with Crippen molar-refractivity contribution in [2.45, 2.75) is 6.54 Å². The van der Waals surface area contributed by atoms with E-state index in [1.165, 1.54) is 5.39 Å². The molecule has 0 radical (unpaired) electrons. The SMILES string of the molecule is Oc1ccc(CNc2ccc(Br)c3ccccc23)cc1Cl. The first kappa shape index (κ1) is 14.2. The molecule has 0 fully saturated rings. The number of hydrogen-bond acceptors (Lipinski definition) is 2. The molecule has 3 rings (SSSR count). The quantitative estimate of drug-likeness (QED) is 0.638. The minimum absolute atomic E-state index is 0.106. The summed E-state index contributed by atoms with van der Waals surface area (Å²) in [7, 11) is 0. The second kappa shape index (κ2) is 5.96. The Morgan fingerprint density at radius 3 is 2.52 bits per heavy atom. The van der Waals surface area contributed by atoms with E-state index in [9.17, 15) is 5.11 Å². The van der Waals surface area contributed by atoms with Crippen molar-refractivity contribution < 1.29 is 5.11 Å². The van der Waals surface area contributed by atoms with E-state index in [1.54, 1.807) is 12.1 Å². The maximum absolute atomic E-state index is 9.44. The smallest absolute Gasteiger partial charge is 0.134 e. The van der Waals surface area contributed by atoms with Crippen LogP contribution < -0.4 is 5.32 Å². The predicted molar refractivity (Wildman–Crippen MR) is 92.1 cm³/mol. The van der Waals surface area contributed by atoms with Crippen LogP contribution in [0.5, 0.6) is 5.75 Å². The van der Waals surface area contributed by atoms with Gasteiger partial charge in [0.25, 0.3) is 0 Å². The number of aromatic hydroxyl groups is 1. The highest BCUT2D eigenvalue weighted by Crippen LogP contribution is 2.30. The number of halogens is 2. The van der Waals surface area contributed by atoms with Crippen molar-refractivity contribution in [3.05, 3.63) is 69.7 Å². The van der Waals surface area contributed by atoms with Gasteiger partial charge in [0.1, 0.15) is 5.75 Å². The van der Waals surface area contributed by atoms with Gasteiger partial charge in [-0.2, -0.15) is 0 Å². The fraction of sp³-hybridized carbons (Fsp3) is 0.0588. The van der Waals surface area contributed by atoms with E-state index in [2.05, 4.69) is 39.4 Å². The van der Waals surface area contributed by atoms with Gasteiger partial charge < -0.3 is 10.4 Å². The van der Waals surface area contributed by atoms with Gasteiger partial charge in [0, 0.05) is 22.1 Å². The Labute approximate surface area is 136 Å². The van der Waals surface area contributed by atoms with Gasteiger partial charge in [0.05, 0.1) is 5.02 Å². The van der Waals surface area contributed by atoms with Crippen LogP contribution in [0.1, 0.15) is 5.56 Å². The largest absolute Gasteiger partial charge is 0.506 e. The number of nitrogens with one attached hydrogen (secondary N) is 1. The molecule has 0 spiro atoms. The number of fused-ring (bicyclic) bond motifs is 1. The lowest BCUT2D eigenvalue weighted by Gasteiger charge is -2.11. The van der Waals surface area contributed by atoms with Gasteiger partial charge in [-0.15, -0.1) is 0 Å². The summed E-state index contributed by atoms with van der Waals surface area (Å²) in [5.41, 5.74) is 2.09. The molecular formula is C17H13BrClNO. The third kappa shape index (κ3) is 2.99. The van der Waals surface area contributed by atoms with Gasteiger partial charge >= 0.3 is 0 Å². The first-order valence-electron chi connectivity index (χ1n) is 6.53. The van der Waals surface area contributed by atoms with Crippen molar-refractivity contribution in [2.24, 2.45) is 0 Å². The summed E-state index contributed by atoms with van der Waals surface area (Å²) in [5, 5.41) is 15.6. The third-order valence-corrected chi connectivity index (χ3v) is 4.36. The Kier molecular flexibility index (Phi) is 4.04. The summed E-state index contributed by atoms with van der Waals surface area (Å²) < 4.78 is 1.08. The Morgan fingerprint density at radius 1 is 1.00 bits per heavy atom. The molecule has 0 amide bonds. The molecule has 0 aliphatic carbocycles. The first-order chi connectivity index (χ1) is 10.1. The molecule has 0 bridgehead atoms. The van der Waals surface area contributed by atoms with Crippen LogP contribution in [-0.4, -0.2) is 5.11 Å². The minimum atomic E-state index is 0.106.